The lowest BCUT2D eigenvalue weighted by Gasteiger charge is -2.35. The van der Waals surface area contributed by atoms with Gasteiger partial charge in [0.05, 0.1) is 22.1 Å². The van der Waals surface area contributed by atoms with Gasteiger partial charge in [-0.3, -0.25) is 9.59 Å². The normalized spacial score (nSPS) is 13.9. The first-order chi connectivity index (χ1) is 15.9. The van der Waals surface area contributed by atoms with E-state index in [0.29, 0.717) is 43.2 Å². The van der Waals surface area contributed by atoms with Crippen molar-refractivity contribution in [1.82, 2.24) is 19.6 Å². The Labute approximate surface area is 199 Å². The molecule has 0 aliphatic carbocycles. The summed E-state index contributed by atoms with van der Waals surface area (Å²) in [6.07, 6.45) is 2.29. The molecule has 0 N–H and O–H groups in total. The summed E-state index contributed by atoms with van der Waals surface area (Å²) in [5.41, 5.74) is 4.41. The van der Waals surface area contributed by atoms with Crippen LogP contribution in [-0.2, 0) is 11.2 Å². The first-order valence-corrected chi connectivity index (χ1v) is 11.7. The number of nitrogens with zero attached hydrogens (tertiary/aromatic N) is 4. The second-order valence-corrected chi connectivity index (χ2v) is 8.83. The molecule has 0 atom stereocenters. The van der Waals surface area contributed by atoms with E-state index < -0.39 is 0 Å². The van der Waals surface area contributed by atoms with Crippen molar-refractivity contribution >= 4 is 23.4 Å². The third kappa shape index (κ3) is 5.28. The van der Waals surface area contributed by atoms with Gasteiger partial charge in [-0.2, -0.15) is 5.10 Å². The number of aryl methyl sites for hydroxylation is 2. The molecule has 4 rings (SSSR count). The summed E-state index contributed by atoms with van der Waals surface area (Å²) in [7, 11) is 0. The molecule has 1 saturated heterocycles. The monoisotopic (exact) mass is 464 g/mol. The highest BCUT2D eigenvalue weighted by Crippen LogP contribution is 2.23. The maximum absolute atomic E-state index is 13.0. The van der Waals surface area contributed by atoms with Crippen molar-refractivity contribution in [2.45, 2.75) is 33.1 Å². The van der Waals surface area contributed by atoms with Gasteiger partial charge in [0.25, 0.3) is 5.91 Å². The Balaban J connectivity index is 1.28. The highest BCUT2D eigenvalue weighted by Gasteiger charge is 2.24. The molecule has 1 aromatic heterocycles. The molecule has 33 heavy (non-hydrogen) atoms. The minimum Gasteiger partial charge on any atom is -0.339 e. The highest BCUT2D eigenvalue weighted by molar-refractivity contribution is 6.31. The van der Waals surface area contributed by atoms with Crippen LogP contribution in [-0.4, -0.2) is 57.6 Å². The fourth-order valence-electron chi connectivity index (χ4n) is 4.21. The lowest BCUT2D eigenvalue weighted by molar-refractivity contribution is -0.132. The third-order valence-corrected chi connectivity index (χ3v) is 6.73. The number of carbonyl (C=O) groups excluding carboxylic acids is 2. The zero-order valence-electron chi connectivity index (χ0n) is 19.1. The fraction of sp³-hybridized carbons (Fsp3) is 0.346. The number of hydrogen-bond acceptors (Lipinski definition) is 3. The lowest BCUT2D eigenvalue weighted by atomic mass is 10.1. The Hall–Kier alpha value is -3.12. The maximum Gasteiger partial charge on any atom is 0.253 e. The summed E-state index contributed by atoms with van der Waals surface area (Å²) in [5, 5.41) is 5.11. The van der Waals surface area contributed by atoms with Crippen LogP contribution in [0, 0.1) is 13.8 Å². The van der Waals surface area contributed by atoms with Crippen LogP contribution in [0.1, 0.15) is 40.2 Å². The fourth-order valence-corrected chi connectivity index (χ4v) is 4.33. The van der Waals surface area contributed by atoms with Crippen molar-refractivity contribution < 1.29 is 9.59 Å². The predicted molar refractivity (Wildman–Crippen MR) is 130 cm³/mol. The SMILES string of the molecule is Cc1nn(-c2ccc(C(=O)N3CCN(C(=O)CCCc4ccccc4)CC3)cc2)c(C)c1Cl. The maximum atomic E-state index is 13.0. The van der Waals surface area contributed by atoms with Gasteiger partial charge in [-0.15, -0.1) is 0 Å². The van der Waals surface area contributed by atoms with Crippen molar-refractivity contribution in [3.8, 4) is 5.69 Å². The molecule has 6 nitrogen and oxygen atoms in total. The van der Waals surface area contributed by atoms with Crippen LogP contribution >= 0.6 is 11.6 Å². The number of benzene rings is 2. The minimum absolute atomic E-state index is 0.0101. The number of carbonyl (C=O) groups is 2. The van der Waals surface area contributed by atoms with Crippen molar-refractivity contribution in [3.05, 3.63) is 82.1 Å². The van der Waals surface area contributed by atoms with Gasteiger partial charge in [0.1, 0.15) is 0 Å². The second-order valence-electron chi connectivity index (χ2n) is 8.46. The average Bonchev–Trinajstić information content (AvgIpc) is 3.11. The van der Waals surface area contributed by atoms with E-state index >= 15 is 0 Å². The van der Waals surface area contributed by atoms with Crippen molar-refractivity contribution in [2.24, 2.45) is 0 Å². The topological polar surface area (TPSA) is 58.4 Å². The van der Waals surface area contributed by atoms with Crippen LogP contribution in [0.3, 0.4) is 0 Å². The third-order valence-electron chi connectivity index (χ3n) is 6.18. The van der Waals surface area contributed by atoms with Crippen LogP contribution in [0.4, 0.5) is 0 Å². The van der Waals surface area contributed by atoms with Crippen LogP contribution in [0.2, 0.25) is 5.02 Å². The van der Waals surface area contributed by atoms with E-state index in [-0.39, 0.29) is 11.8 Å². The molecule has 2 amide bonds. The van der Waals surface area contributed by atoms with E-state index in [9.17, 15) is 9.59 Å². The number of amides is 2. The number of aromatic nitrogens is 2. The number of piperazine rings is 1. The molecule has 1 fully saturated rings. The summed E-state index contributed by atoms with van der Waals surface area (Å²) in [6, 6.07) is 17.6. The Morgan fingerprint density at radius 3 is 2.15 bits per heavy atom. The summed E-state index contributed by atoms with van der Waals surface area (Å²) in [6.45, 7) is 6.06. The van der Waals surface area contributed by atoms with Gasteiger partial charge in [0, 0.05) is 38.2 Å². The van der Waals surface area contributed by atoms with Crippen LogP contribution < -0.4 is 0 Å². The van der Waals surface area contributed by atoms with Gasteiger partial charge in [-0.1, -0.05) is 41.9 Å². The number of halogens is 1. The zero-order chi connectivity index (χ0) is 23.4. The molecular weight excluding hydrogens is 436 g/mol. The lowest BCUT2D eigenvalue weighted by Crippen LogP contribution is -2.50. The van der Waals surface area contributed by atoms with Gasteiger partial charge >= 0.3 is 0 Å². The number of hydrogen-bond donors (Lipinski definition) is 0. The van der Waals surface area contributed by atoms with E-state index in [4.69, 9.17) is 11.6 Å². The van der Waals surface area contributed by atoms with Gasteiger partial charge in [0.2, 0.25) is 5.91 Å². The van der Waals surface area contributed by atoms with Crippen LogP contribution in [0.25, 0.3) is 5.69 Å². The molecule has 2 aromatic carbocycles. The molecule has 0 saturated carbocycles. The molecule has 1 aliphatic heterocycles. The molecular formula is C26H29ClN4O2. The van der Waals surface area contributed by atoms with Gasteiger partial charge < -0.3 is 9.80 Å². The van der Waals surface area contributed by atoms with Crippen LogP contribution in [0.5, 0.6) is 0 Å². The van der Waals surface area contributed by atoms with Gasteiger partial charge in [-0.25, -0.2) is 4.68 Å². The molecule has 0 bridgehead atoms. The van der Waals surface area contributed by atoms with Gasteiger partial charge in [-0.05, 0) is 56.5 Å². The van der Waals surface area contributed by atoms with Crippen molar-refractivity contribution in [2.75, 3.05) is 26.2 Å². The average molecular weight is 465 g/mol. The first kappa shape index (κ1) is 23.1. The summed E-state index contributed by atoms with van der Waals surface area (Å²) < 4.78 is 1.79. The van der Waals surface area contributed by atoms with E-state index in [1.807, 2.05) is 66.1 Å². The molecule has 1 aliphatic rings. The molecule has 172 valence electrons. The highest BCUT2D eigenvalue weighted by atomic mass is 35.5. The summed E-state index contributed by atoms with van der Waals surface area (Å²) >= 11 is 6.25. The Bertz CT molecular complexity index is 1120. The minimum atomic E-state index is -0.0101. The molecule has 7 heteroatoms. The van der Waals surface area contributed by atoms with Crippen molar-refractivity contribution in [3.63, 3.8) is 0 Å². The van der Waals surface area contributed by atoms with Crippen molar-refractivity contribution in [1.29, 1.82) is 0 Å². The molecule has 3 aromatic rings. The summed E-state index contributed by atoms with van der Waals surface area (Å²) in [5.74, 6) is 0.162. The molecule has 0 spiro atoms. The van der Waals surface area contributed by atoms with E-state index in [1.54, 1.807) is 4.68 Å². The van der Waals surface area contributed by atoms with E-state index in [0.717, 1.165) is 29.9 Å². The predicted octanol–water partition coefficient (Wildman–Crippen LogP) is 4.45. The molecule has 0 unspecified atom stereocenters. The smallest absolute Gasteiger partial charge is 0.253 e. The zero-order valence-corrected chi connectivity index (χ0v) is 19.9. The Morgan fingerprint density at radius 1 is 0.909 bits per heavy atom. The first-order valence-electron chi connectivity index (χ1n) is 11.4. The molecule has 2 heterocycles. The summed E-state index contributed by atoms with van der Waals surface area (Å²) in [4.78, 5) is 29.2. The second kappa shape index (κ2) is 10.2. The Morgan fingerprint density at radius 2 is 1.55 bits per heavy atom. The quantitative estimate of drug-likeness (QED) is 0.541. The van der Waals surface area contributed by atoms with E-state index in [1.165, 1.54) is 5.56 Å². The van der Waals surface area contributed by atoms with E-state index in [2.05, 4.69) is 17.2 Å². The Kier molecular flexibility index (Phi) is 7.14. The van der Waals surface area contributed by atoms with Crippen LogP contribution in [0.15, 0.2) is 54.6 Å². The largest absolute Gasteiger partial charge is 0.339 e. The number of rotatable bonds is 6. The van der Waals surface area contributed by atoms with Gasteiger partial charge in [0.15, 0.2) is 0 Å². The standard InChI is InChI=1S/C26H29ClN4O2/c1-19-25(27)20(2)31(28-19)23-13-11-22(12-14-23)26(33)30-17-15-29(16-18-30)24(32)10-6-9-21-7-4-3-5-8-21/h3-5,7-8,11-14H,6,9-10,15-18H2,1-2H3. The molecule has 0 radical (unpaired) electrons.